The zero-order valence-electron chi connectivity index (χ0n) is 11.8. The number of nitrogens with one attached hydrogen (secondary N) is 1. The first-order valence-electron chi connectivity index (χ1n) is 6.42. The number of hydrogen-bond donors (Lipinski definition) is 2. The van der Waals surface area contributed by atoms with Crippen LogP contribution in [0, 0.1) is 0 Å². The first-order chi connectivity index (χ1) is 9.36. The fourth-order valence-corrected chi connectivity index (χ4v) is 1.75. The predicted molar refractivity (Wildman–Crippen MR) is 78.6 cm³/mol. The average Bonchev–Trinajstić information content (AvgIpc) is 2.38. The van der Waals surface area contributed by atoms with Crippen LogP contribution in [0.2, 0.25) is 5.02 Å². The SMILES string of the molecule is CCC(C)NC(=O)C(C)OC(=O)c1c(N)cccc1Cl. The van der Waals surface area contributed by atoms with Crippen LogP contribution in [0.1, 0.15) is 37.6 Å². The molecule has 1 aromatic rings. The van der Waals surface area contributed by atoms with E-state index in [1.807, 2.05) is 13.8 Å². The molecule has 0 radical (unpaired) electrons. The normalized spacial score (nSPS) is 13.4. The van der Waals surface area contributed by atoms with E-state index < -0.39 is 12.1 Å². The lowest BCUT2D eigenvalue weighted by molar-refractivity contribution is -0.129. The Bertz CT molecular complexity index is 485. The molecule has 1 rings (SSSR count). The number of benzene rings is 1. The van der Waals surface area contributed by atoms with Crippen molar-refractivity contribution in [2.75, 3.05) is 5.73 Å². The minimum atomic E-state index is -0.910. The van der Waals surface area contributed by atoms with Gasteiger partial charge in [-0.2, -0.15) is 0 Å². The van der Waals surface area contributed by atoms with Crippen LogP contribution in [-0.4, -0.2) is 24.0 Å². The molecule has 0 fully saturated rings. The highest BCUT2D eigenvalue weighted by molar-refractivity contribution is 6.34. The number of carbonyl (C=O) groups is 2. The second-order valence-corrected chi connectivity index (χ2v) is 4.98. The molecule has 0 aromatic heterocycles. The van der Waals surface area contributed by atoms with Gasteiger partial charge in [0.2, 0.25) is 0 Å². The quantitative estimate of drug-likeness (QED) is 0.646. The number of hydrogen-bond acceptors (Lipinski definition) is 4. The van der Waals surface area contributed by atoms with Crippen molar-refractivity contribution in [2.45, 2.75) is 39.3 Å². The lowest BCUT2D eigenvalue weighted by atomic mass is 10.2. The third-order valence-electron chi connectivity index (χ3n) is 2.90. The van der Waals surface area contributed by atoms with E-state index >= 15 is 0 Å². The van der Waals surface area contributed by atoms with Crippen LogP contribution in [0.4, 0.5) is 5.69 Å². The summed E-state index contributed by atoms with van der Waals surface area (Å²) in [6.07, 6.45) is -0.115. The third kappa shape index (κ3) is 4.13. The largest absolute Gasteiger partial charge is 0.449 e. The molecule has 110 valence electrons. The van der Waals surface area contributed by atoms with Crippen LogP contribution >= 0.6 is 11.6 Å². The van der Waals surface area contributed by atoms with E-state index in [0.29, 0.717) is 0 Å². The zero-order chi connectivity index (χ0) is 15.3. The maximum absolute atomic E-state index is 12.0. The van der Waals surface area contributed by atoms with Gasteiger partial charge >= 0.3 is 5.97 Å². The molecule has 6 heteroatoms. The van der Waals surface area contributed by atoms with Crippen molar-refractivity contribution in [3.63, 3.8) is 0 Å². The van der Waals surface area contributed by atoms with Crippen molar-refractivity contribution in [3.8, 4) is 0 Å². The molecular weight excluding hydrogens is 280 g/mol. The Morgan fingerprint density at radius 2 is 2.05 bits per heavy atom. The van der Waals surface area contributed by atoms with Gasteiger partial charge in [-0.3, -0.25) is 4.79 Å². The highest BCUT2D eigenvalue weighted by Gasteiger charge is 2.22. The second-order valence-electron chi connectivity index (χ2n) is 4.57. The summed E-state index contributed by atoms with van der Waals surface area (Å²) in [7, 11) is 0. The number of halogens is 1. The maximum atomic E-state index is 12.0. The fraction of sp³-hybridized carbons (Fsp3) is 0.429. The summed E-state index contributed by atoms with van der Waals surface area (Å²) in [6, 6.07) is 4.74. The highest BCUT2D eigenvalue weighted by Crippen LogP contribution is 2.23. The Morgan fingerprint density at radius 3 is 2.60 bits per heavy atom. The molecule has 0 aliphatic rings. The smallest absolute Gasteiger partial charge is 0.342 e. The summed E-state index contributed by atoms with van der Waals surface area (Å²) in [5, 5.41) is 2.93. The summed E-state index contributed by atoms with van der Waals surface area (Å²) in [4.78, 5) is 23.8. The molecule has 1 amide bonds. The van der Waals surface area contributed by atoms with Crippen molar-refractivity contribution in [1.82, 2.24) is 5.32 Å². The number of nitrogens with two attached hydrogens (primary N) is 1. The van der Waals surface area contributed by atoms with Gasteiger partial charge in [-0.15, -0.1) is 0 Å². The molecule has 2 atom stereocenters. The number of carbonyl (C=O) groups excluding carboxylic acids is 2. The van der Waals surface area contributed by atoms with Gasteiger partial charge in [0.05, 0.1) is 5.02 Å². The third-order valence-corrected chi connectivity index (χ3v) is 3.22. The first kappa shape index (κ1) is 16.3. The number of ether oxygens (including phenoxy) is 1. The van der Waals surface area contributed by atoms with Crippen molar-refractivity contribution in [3.05, 3.63) is 28.8 Å². The van der Waals surface area contributed by atoms with E-state index in [0.717, 1.165) is 6.42 Å². The number of amides is 1. The second kappa shape index (κ2) is 7.14. The number of nitrogen functional groups attached to an aromatic ring is 1. The Hall–Kier alpha value is -1.75. The Morgan fingerprint density at radius 1 is 1.40 bits per heavy atom. The standard InChI is InChI=1S/C14H19ClN2O3/c1-4-8(2)17-13(18)9(3)20-14(19)12-10(15)6-5-7-11(12)16/h5-9H,4,16H2,1-3H3,(H,17,18). The summed E-state index contributed by atoms with van der Waals surface area (Å²) in [5.74, 6) is -1.06. The van der Waals surface area contributed by atoms with Gasteiger partial charge in [0, 0.05) is 11.7 Å². The minimum absolute atomic E-state index is 0.0223. The number of esters is 1. The molecule has 20 heavy (non-hydrogen) atoms. The van der Waals surface area contributed by atoms with E-state index in [1.54, 1.807) is 18.2 Å². The Labute approximate surface area is 123 Å². The van der Waals surface area contributed by atoms with Crippen molar-refractivity contribution >= 4 is 29.2 Å². The monoisotopic (exact) mass is 298 g/mol. The summed E-state index contributed by atoms with van der Waals surface area (Å²) in [5.41, 5.74) is 5.99. The Kier molecular flexibility index (Phi) is 5.82. The average molecular weight is 299 g/mol. The molecule has 0 saturated heterocycles. The van der Waals surface area contributed by atoms with Gasteiger partial charge < -0.3 is 15.8 Å². The van der Waals surface area contributed by atoms with Crippen LogP contribution < -0.4 is 11.1 Å². The molecule has 0 aliphatic heterocycles. The van der Waals surface area contributed by atoms with Crippen molar-refractivity contribution < 1.29 is 14.3 Å². The summed E-state index contributed by atoms with van der Waals surface area (Å²) >= 11 is 5.91. The van der Waals surface area contributed by atoms with Gasteiger partial charge in [-0.05, 0) is 32.4 Å². The van der Waals surface area contributed by atoms with Crippen LogP contribution in [-0.2, 0) is 9.53 Å². The van der Waals surface area contributed by atoms with Crippen LogP contribution in [0.15, 0.2) is 18.2 Å². The molecule has 5 nitrogen and oxygen atoms in total. The fourth-order valence-electron chi connectivity index (χ4n) is 1.49. The molecule has 2 unspecified atom stereocenters. The van der Waals surface area contributed by atoms with Gasteiger partial charge in [0.15, 0.2) is 6.10 Å². The lowest BCUT2D eigenvalue weighted by Crippen LogP contribution is -2.40. The van der Waals surface area contributed by atoms with E-state index in [-0.39, 0.29) is 28.2 Å². The number of rotatable bonds is 5. The summed E-state index contributed by atoms with van der Waals surface area (Å²) in [6.45, 7) is 5.33. The minimum Gasteiger partial charge on any atom is -0.449 e. The molecule has 0 heterocycles. The van der Waals surface area contributed by atoms with Crippen molar-refractivity contribution in [2.24, 2.45) is 0 Å². The van der Waals surface area contributed by atoms with Crippen LogP contribution in [0.3, 0.4) is 0 Å². The lowest BCUT2D eigenvalue weighted by Gasteiger charge is -2.17. The highest BCUT2D eigenvalue weighted by atomic mass is 35.5. The zero-order valence-corrected chi connectivity index (χ0v) is 12.5. The van der Waals surface area contributed by atoms with Gasteiger partial charge in [-0.25, -0.2) is 4.79 Å². The van der Waals surface area contributed by atoms with E-state index in [2.05, 4.69) is 5.32 Å². The van der Waals surface area contributed by atoms with Gasteiger partial charge in [-0.1, -0.05) is 24.6 Å². The van der Waals surface area contributed by atoms with E-state index in [9.17, 15) is 9.59 Å². The topological polar surface area (TPSA) is 81.4 Å². The van der Waals surface area contributed by atoms with Crippen molar-refractivity contribution in [1.29, 1.82) is 0 Å². The molecule has 0 saturated carbocycles. The maximum Gasteiger partial charge on any atom is 0.342 e. The molecule has 0 bridgehead atoms. The molecule has 1 aromatic carbocycles. The molecular formula is C14H19ClN2O3. The Balaban J connectivity index is 2.73. The molecule has 3 N–H and O–H groups in total. The number of anilines is 1. The van der Waals surface area contributed by atoms with E-state index in [4.69, 9.17) is 22.1 Å². The molecule has 0 aliphatic carbocycles. The van der Waals surface area contributed by atoms with Crippen LogP contribution in [0.25, 0.3) is 0 Å². The van der Waals surface area contributed by atoms with Gasteiger partial charge in [0.25, 0.3) is 5.91 Å². The summed E-state index contributed by atoms with van der Waals surface area (Å²) < 4.78 is 5.09. The van der Waals surface area contributed by atoms with Gasteiger partial charge in [0.1, 0.15) is 5.56 Å². The first-order valence-corrected chi connectivity index (χ1v) is 6.80. The predicted octanol–water partition coefficient (Wildman–Crippen LogP) is 2.38. The van der Waals surface area contributed by atoms with E-state index in [1.165, 1.54) is 6.92 Å². The van der Waals surface area contributed by atoms with Crippen LogP contribution in [0.5, 0.6) is 0 Å². The molecule has 0 spiro atoms.